The van der Waals surface area contributed by atoms with Crippen molar-refractivity contribution < 1.29 is 4.79 Å². The lowest BCUT2D eigenvalue weighted by atomic mass is 10.1. The number of amides is 1. The van der Waals surface area contributed by atoms with Crippen molar-refractivity contribution in [2.24, 2.45) is 13.0 Å². The summed E-state index contributed by atoms with van der Waals surface area (Å²) in [5, 5.41) is 5.38. The maximum Gasteiger partial charge on any atom is 0.228 e. The lowest BCUT2D eigenvalue weighted by Crippen LogP contribution is -2.27. The molecule has 110 valence electrons. The molecular weight excluding hydrogens is 330 g/mol. The molecule has 1 unspecified atom stereocenters. The average Bonchev–Trinajstić information content (AvgIpc) is 2.99. The van der Waals surface area contributed by atoms with Crippen molar-refractivity contribution in [2.75, 3.05) is 16.8 Å². The number of anilines is 1. The highest BCUT2D eigenvalue weighted by molar-refractivity contribution is 9.09. The van der Waals surface area contributed by atoms with Gasteiger partial charge in [0.15, 0.2) is 0 Å². The summed E-state index contributed by atoms with van der Waals surface area (Å²) in [7, 11) is 1.91. The summed E-state index contributed by atoms with van der Waals surface area (Å²) in [6.07, 6.45) is 0.601. The fourth-order valence-electron chi connectivity index (χ4n) is 2.99. The zero-order valence-electron chi connectivity index (χ0n) is 12.2. The smallest absolute Gasteiger partial charge is 0.228 e. The van der Waals surface area contributed by atoms with Crippen molar-refractivity contribution in [3.63, 3.8) is 0 Å². The van der Waals surface area contributed by atoms with Crippen LogP contribution in [0.4, 0.5) is 5.82 Å². The third kappa shape index (κ3) is 2.50. The number of nitrogens with zero attached hydrogens (tertiary/aromatic N) is 3. The molecule has 4 nitrogen and oxygen atoms in total. The second kappa shape index (κ2) is 5.64. The van der Waals surface area contributed by atoms with E-state index in [1.807, 2.05) is 41.8 Å². The number of alkyl halides is 1. The van der Waals surface area contributed by atoms with Gasteiger partial charge in [-0.05, 0) is 18.4 Å². The number of carbonyl (C=O) groups excluding carboxylic acids is 1. The minimum atomic E-state index is 0.180. The molecule has 1 atom stereocenters. The molecule has 0 N–H and O–H groups in total. The highest BCUT2D eigenvalue weighted by Crippen LogP contribution is 2.36. The second-order valence-corrected chi connectivity index (χ2v) is 6.15. The monoisotopic (exact) mass is 347 g/mol. The van der Waals surface area contributed by atoms with E-state index in [1.165, 1.54) is 0 Å². The van der Waals surface area contributed by atoms with Crippen molar-refractivity contribution in [3.05, 3.63) is 36.0 Å². The van der Waals surface area contributed by atoms with Crippen LogP contribution in [0.5, 0.6) is 0 Å². The Balaban J connectivity index is 2.09. The van der Waals surface area contributed by atoms with Gasteiger partial charge in [0.05, 0.1) is 5.69 Å². The number of benzene rings is 1. The quantitative estimate of drug-likeness (QED) is 0.800. The van der Waals surface area contributed by atoms with Crippen LogP contribution < -0.4 is 4.90 Å². The number of rotatable bonds is 3. The topological polar surface area (TPSA) is 38.1 Å². The molecule has 5 heteroatoms. The van der Waals surface area contributed by atoms with Crippen LogP contribution in [0.3, 0.4) is 0 Å². The normalized spacial score (nSPS) is 18.5. The lowest BCUT2D eigenvalue weighted by Gasteiger charge is -2.19. The Morgan fingerprint density at radius 3 is 2.67 bits per heavy atom. The van der Waals surface area contributed by atoms with Crippen LogP contribution in [-0.4, -0.2) is 27.6 Å². The van der Waals surface area contributed by atoms with Crippen LogP contribution in [0.15, 0.2) is 30.3 Å². The van der Waals surface area contributed by atoms with Crippen molar-refractivity contribution in [2.45, 2.75) is 13.3 Å². The molecule has 1 aromatic carbocycles. The van der Waals surface area contributed by atoms with Gasteiger partial charge in [-0.2, -0.15) is 5.10 Å². The predicted octanol–water partition coefficient (Wildman–Crippen LogP) is 3.14. The van der Waals surface area contributed by atoms with E-state index in [1.54, 1.807) is 0 Å². The molecule has 1 fully saturated rings. The van der Waals surface area contributed by atoms with E-state index in [0.29, 0.717) is 12.3 Å². The predicted molar refractivity (Wildman–Crippen MR) is 87.6 cm³/mol. The third-order valence-corrected chi connectivity index (χ3v) is 4.85. The van der Waals surface area contributed by atoms with Gasteiger partial charge in [-0.1, -0.05) is 46.3 Å². The van der Waals surface area contributed by atoms with Gasteiger partial charge in [0.2, 0.25) is 5.91 Å². The number of hydrogen-bond donors (Lipinski definition) is 0. The number of hydrogen-bond acceptors (Lipinski definition) is 2. The van der Waals surface area contributed by atoms with Crippen molar-refractivity contribution in [1.29, 1.82) is 0 Å². The molecule has 0 radical (unpaired) electrons. The molecule has 1 aliphatic heterocycles. The molecule has 21 heavy (non-hydrogen) atoms. The molecule has 1 aliphatic rings. The molecule has 1 amide bonds. The summed E-state index contributed by atoms with van der Waals surface area (Å²) in [4.78, 5) is 14.2. The third-order valence-electron chi connectivity index (χ3n) is 3.93. The SMILES string of the molecule is Cc1nn(C)c(N2CC(CBr)CC2=O)c1-c1ccccc1. The minimum Gasteiger partial charge on any atom is -0.296 e. The lowest BCUT2D eigenvalue weighted by molar-refractivity contribution is -0.117. The molecule has 1 saturated heterocycles. The molecule has 0 bridgehead atoms. The van der Waals surface area contributed by atoms with Crippen LogP contribution in [0, 0.1) is 12.8 Å². The number of halogens is 1. The zero-order valence-corrected chi connectivity index (χ0v) is 13.8. The van der Waals surface area contributed by atoms with Crippen LogP contribution in [0.1, 0.15) is 12.1 Å². The van der Waals surface area contributed by atoms with E-state index in [4.69, 9.17) is 0 Å². The Kier molecular flexibility index (Phi) is 3.85. The average molecular weight is 348 g/mol. The van der Waals surface area contributed by atoms with Gasteiger partial charge < -0.3 is 0 Å². The maximum absolute atomic E-state index is 12.4. The summed E-state index contributed by atoms with van der Waals surface area (Å²) in [6, 6.07) is 10.2. The Morgan fingerprint density at radius 1 is 1.33 bits per heavy atom. The van der Waals surface area contributed by atoms with E-state index in [2.05, 4.69) is 33.2 Å². The summed E-state index contributed by atoms with van der Waals surface area (Å²) in [5.74, 6) is 1.46. The van der Waals surface area contributed by atoms with Gasteiger partial charge in [0, 0.05) is 30.9 Å². The molecule has 2 heterocycles. The van der Waals surface area contributed by atoms with Crippen LogP contribution in [0.2, 0.25) is 0 Å². The van der Waals surface area contributed by atoms with Crippen LogP contribution in [-0.2, 0) is 11.8 Å². The number of aryl methyl sites for hydroxylation is 2. The van der Waals surface area contributed by atoms with Crippen molar-refractivity contribution in [1.82, 2.24) is 9.78 Å². The molecule has 3 rings (SSSR count). The standard InChI is InChI=1S/C16H18BrN3O/c1-11-15(13-6-4-3-5-7-13)16(19(2)18-11)20-10-12(9-17)8-14(20)21/h3-7,12H,8-10H2,1-2H3. The Hall–Kier alpha value is -1.62. The van der Waals surface area contributed by atoms with Gasteiger partial charge in [0.25, 0.3) is 0 Å². The first-order chi connectivity index (χ1) is 10.1. The summed E-state index contributed by atoms with van der Waals surface area (Å²) >= 11 is 3.49. The molecule has 2 aromatic rings. The Morgan fingerprint density at radius 2 is 2.05 bits per heavy atom. The first-order valence-electron chi connectivity index (χ1n) is 7.07. The first kappa shape index (κ1) is 14.3. The second-order valence-electron chi connectivity index (χ2n) is 5.50. The summed E-state index contributed by atoms with van der Waals surface area (Å²) in [5.41, 5.74) is 3.11. The first-order valence-corrected chi connectivity index (χ1v) is 8.19. The minimum absolute atomic E-state index is 0.180. The van der Waals surface area contributed by atoms with E-state index in [0.717, 1.165) is 34.5 Å². The Bertz CT molecular complexity index is 666. The summed E-state index contributed by atoms with van der Waals surface area (Å²) < 4.78 is 1.83. The largest absolute Gasteiger partial charge is 0.296 e. The number of aromatic nitrogens is 2. The molecule has 0 aliphatic carbocycles. The van der Waals surface area contributed by atoms with E-state index in [-0.39, 0.29) is 5.91 Å². The highest BCUT2D eigenvalue weighted by atomic mass is 79.9. The van der Waals surface area contributed by atoms with Crippen LogP contribution in [0.25, 0.3) is 11.1 Å². The van der Waals surface area contributed by atoms with Crippen molar-refractivity contribution in [3.8, 4) is 11.1 Å². The van der Waals surface area contributed by atoms with Gasteiger partial charge in [-0.25, -0.2) is 0 Å². The fourth-order valence-corrected chi connectivity index (χ4v) is 3.42. The van der Waals surface area contributed by atoms with Crippen LogP contribution >= 0.6 is 15.9 Å². The van der Waals surface area contributed by atoms with Gasteiger partial charge in [-0.3, -0.25) is 14.4 Å². The van der Waals surface area contributed by atoms with E-state index in [9.17, 15) is 4.79 Å². The van der Waals surface area contributed by atoms with Gasteiger partial charge in [0.1, 0.15) is 5.82 Å². The zero-order chi connectivity index (χ0) is 15.0. The molecule has 0 spiro atoms. The van der Waals surface area contributed by atoms with E-state index >= 15 is 0 Å². The Labute approximate surface area is 132 Å². The highest BCUT2D eigenvalue weighted by Gasteiger charge is 2.34. The maximum atomic E-state index is 12.4. The molecular formula is C16H18BrN3O. The van der Waals surface area contributed by atoms with Crippen molar-refractivity contribution >= 4 is 27.7 Å². The van der Waals surface area contributed by atoms with Gasteiger partial charge in [-0.15, -0.1) is 0 Å². The van der Waals surface area contributed by atoms with Gasteiger partial charge >= 0.3 is 0 Å². The molecule has 1 aromatic heterocycles. The van der Waals surface area contributed by atoms with E-state index < -0.39 is 0 Å². The number of carbonyl (C=O) groups is 1. The molecule has 0 saturated carbocycles. The summed E-state index contributed by atoms with van der Waals surface area (Å²) in [6.45, 7) is 2.75. The fraction of sp³-hybridized carbons (Fsp3) is 0.375.